The number of rotatable bonds is 7. The van der Waals surface area contributed by atoms with E-state index in [0.717, 1.165) is 23.5 Å². The summed E-state index contributed by atoms with van der Waals surface area (Å²) in [7, 11) is 0. The first-order valence-electron chi connectivity index (χ1n) is 8.17. The summed E-state index contributed by atoms with van der Waals surface area (Å²) in [6, 6.07) is 3.82. The van der Waals surface area contributed by atoms with Crippen LogP contribution in [0.1, 0.15) is 28.5 Å². The molecule has 3 aromatic rings. The Labute approximate surface area is 150 Å². The Morgan fingerprint density at radius 1 is 1.31 bits per heavy atom. The summed E-state index contributed by atoms with van der Waals surface area (Å²) < 4.78 is 1.78. The lowest BCUT2D eigenvalue weighted by atomic mass is 10.2. The number of anilines is 3. The highest BCUT2D eigenvalue weighted by Crippen LogP contribution is 2.18. The zero-order valence-electron chi connectivity index (χ0n) is 14.6. The molecule has 0 saturated carbocycles. The van der Waals surface area contributed by atoms with E-state index < -0.39 is 5.91 Å². The van der Waals surface area contributed by atoms with Gasteiger partial charge in [-0.15, -0.1) is 0 Å². The lowest BCUT2D eigenvalue weighted by Crippen LogP contribution is -2.17. The molecule has 4 N–H and O–H groups in total. The Bertz CT molecular complexity index is 921. The van der Waals surface area contributed by atoms with Gasteiger partial charge in [-0.05, 0) is 25.5 Å². The van der Waals surface area contributed by atoms with Gasteiger partial charge in [0.25, 0.3) is 5.91 Å². The van der Waals surface area contributed by atoms with Gasteiger partial charge in [0.2, 0.25) is 5.95 Å². The van der Waals surface area contributed by atoms with Gasteiger partial charge >= 0.3 is 0 Å². The van der Waals surface area contributed by atoms with Gasteiger partial charge in [0.1, 0.15) is 5.82 Å². The highest BCUT2D eigenvalue weighted by molar-refractivity contribution is 5.97. The number of nitrogens with two attached hydrogens (primary N) is 1. The van der Waals surface area contributed by atoms with Crippen LogP contribution in [0.3, 0.4) is 0 Å². The van der Waals surface area contributed by atoms with Gasteiger partial charge in [-0.1, -0.05) is 6.07 Å². The fraction of sp³-hybridized carbons (Fsp3) is 0.235. The molecule has 1 amide bonds. The first-order chi connectivity index (χ1) is 12.6. The third-order valence-electron chi connectivity index (χ3n) is 3.83. The number of aryl methyl sites for hydroxylation is 2. The zero-order chi connectivity index (χ0) is 18.5. The number of hydrogen-bond donors (Lipinski definition) is 3. The molecule has 0 bridgehead atoms. The summed E-state index contributed by atoms with van der Waals surface area (Å²) in [5, 5.41) is 10.4. The van der Waals surface area contributed by atoms with Crippen molar-refractivity contribution < 1.29 is 4.79 Å². The van der Waals surface area contributed by atoms with Gasteiger partial charge in [-0.25, -0.2) is 4.98 Å². The van der Waals surface area contributed by atoms with E-state index in [2.05, 4.69) is 30.7 Å². The highest BCUT2D eigenvalue weighted by atomic mass is 16.1. The molecule has 9 nitrogen and oxygen atoms in total. The van der Waals surface area contributed by atoms with Crippen LogP contribution in [0.25, 0.3) is 0 Å². The molecule has 0 aliphatic heterocycles. The molecule has 3 aromatic heterocycles. The first kappa shape index (κ1) is 17.3. The molecule has 0 aliphatic carbocycles. The minimum Gasteiger partial charge on any atom is -0.365 e. The molecule has 0 fully saturated rings. The molecular formula is C17H20N8O. The Morgan fingerprint density at radius 2 is 2.15 bits per heavy atom. The maximum absolute atomic E-state index is 11.7. The van der Waals surface area contributed by atoms with E-state index in [1.54, 1.807) is 17.1 Å². The Hall–Kier alpha value is -3.49. The maximum atomic E-state index is 11.7. The van der Waals surface area contributed by atoms with Crippen LogP contribution in [0.5, 0.6) is 0 Å². The largest absolute Gasteiger partial charge is 0.365 e. The van der Waals surface area contributed by atoms with Crippen LogP contribution in [-0.2, 0) is 13.1 Å². The predicted molar refractivity (Wildman–Crippen MR) is 98.0 cm³/mol. The number of pyridine rings is 1. The minimum atomic E-state index is -0.597. The summed E-state index contributed by atoms with van der Waals surface area (Å²) in [6.45, 7) is 5.15. The van der Waals surface area contributed by atoms with Gasteiger partial charge in [0.05, 0.1) is 17.4 Å². The van der Waals surface area contributed by atoms with Crippen molar-refractivity contribution in [3.63, 3.8) is 0 Å². The number of amides is 1. The van der Waals surface area contributed by atoms with E-state index in [4.69, 9.17) is 5.73 Å². The van der Waals surface area contributed by atoms with Crippen LogP contribution in [-0.4, -0.2) is 30.6 Å². The first-order valence-corrected chi connectivity index (χ1v) is 8.17. The van der Waals surface area contributed by atoms with Crippen LogP contribution in [0, 0.1) is 6.92 Å². The monoisotopic (exact) mass is 352 g/mol. The van der Waals surface area contributed by atoms with Crippen LogP contribution >= 0.6 is 0 Å². The Morgan fingerprint density at radius 3 is 2.85 bits per heavy atom. The van der Waals surface area contributed by atoms with Crippen LogP contribution in [0.4, 0.5) is 17.5 Å². The Balaban J connectivity index is 1.82. The normalized spacial score (nSPS) is 10.5. The highest BCUT2D eigenvalue weighted by Gasteiger charge is 2.13. The van der Waals surface area contributed by atoms with Gasteiger partial charge in [-0.3, -0.25) is 14.5 Å². The van der Waals surface area contributed by atoms with Gasteiger partial charge in [0.15, 0.2) is 0 Å². The number of carbonyl (C=O) groups excluding carboxylic acids is 1. The summed E-state index contributed by atoms with van der Waals surface area (Å²) in [6.07, 6.45) is 6.66. The van der Waals surface area contributed by atoms with E-state index in [9.17, 15) is 4.79 Å². The van der Waals surface area contributed by atoms with E-state index >= 15 is 0 Å². The molecule has 26 heavy (non-hydrogen) atoms. The standard InChI is InChI=1S/C17H20N8O/c1-3-25-10-13(8-22-25)23-17-21-9-14(15(18)26)16(24-17)20-7-12-5-4-6-19-11(12)2/h4-6,8-10H,3,7H2,1-2H3,(H2,18,26)(H2,20,21,23,24). The summed E-state index contributed by atoms with van der Waals surface area (Å²) in [5.74, 6) is 0.109. The second kappa shape index (κ2) is 7.60. The van der Waals surface area contributed by atoms with Gasteiger partial charge in [0, 0.05) is 37.4 Å². The van der Waals surface area contributed by atoms with Crippen LogP contribution < -0.4 is 16.4 Å². The van der Waals surface area contributed by atoms with E-state index in [0.29, 0.717) is 18.3 Å². The third-order valence-corrected chi connectivity index (χ3v) is 3.83. The quantitative estimate of drug-likeness (QED) is 0.593. The van der Waals surface area contributed by atoms with Crippen molar-refractivity contribution in [2.45, 2.75) is 26.9 Å². The second-order valence-corrected chi connectivity index (χ2v) is 5.63. The zero-order valence-corrected chi connectivity index (χ0v) is 14.6. The van der Waals surface area contributed by atoms with Crippen LogP contribution in [0.15, 0.2) is 36.9 Å². The molecule has 3 heterocycles. The second-order valence-electron chi connectivity index (χ2n) is 5.63. The molecule has 0 atom stereocenters. The van der Waals surface area contributed by atoms with Crippen molar-refractivity contribution in [2.24, 2.45) is 5.73 Å². The lowest BCUT2D eigenvalue weighted by molar-refractivity contribution is 0.100. The number of nitrogens with zero attached hydrogens (tertiary/aromatic N) is 5. The summed E-state index contributed by atoms with van der Waals surface area (Å²) in [5.41, 5.74) is 8.32. The molecular weight excluding hydrogens is 332 g/mol. The average molecular weight is 352 g/mol. The number of aromatic nitrogens is 5. The third kappa shape index (κ3) is 3.94. The number of nitrogens with one attached hydrogen (secondary N) is 2. The lowest BCUT2D eigenvalue weighted by Gasteiger charge is -2.11. The molecule has 0 saturated heterocycles. The number of carbonyl (C=O) groups is 1. The molecule has 0 unspecified atom stereocenters. The van der Waals surface area contributed by atoms with Crippen molar-refractivity contribution in [2.75, 3.05) is 10.6 Å². The fourth-order valence-electron chi connectivity index (χ4n) is 2.37. The molecule has 0 spiro atoms. The number of hydrogen-bond acceptors (Lipinski definition) is 7. The van der Waals surface area contributed by atoms with Crippen LogP contribution in [0.2, 0.25) is 0 Å². The fourth-order valence-corrected chi connectivity index (χ4v) is 2.37. The minimum absolute atomic E-state index is 0.223. The van der Waals surface area contributed by atoms with Gasteiger partial charge in [-0.2, -0.15) is 10.1 Å². The SMILES string of the molecule is CCn1cc(Nc2ncc(C(N)=O)c(NCc3cccnc3C)n2)cn1. The molecule has 9 heteroatoms. The summed E-state index contributed by atoms with van der Waals surface area (Å²) >= 11 is 0. The maximum Gasteiger partial charge on any atom is 0.254 e. The summed E-state index contributed by atoms with van der Waals surface area (Å²) in [4.78, 5) is 24.4. The van der Waals surface area contributed by atoms with Crippen molar-refractivity contribution in [3.05, 3.63) is 53.7 Å². The predicted octanol–water partition coefficient (Wildman–Crippen LogP) is 1.85. The van der Waals surface area contributed by atoms with E-state index in [1.807, 2.05) is 32.2 Å². The molecule has 0 aromatic carbocycles. The van der Waals surface area contributed by atoms with Crippen molar-refractivity contribution in [1.82, 2.24) is 24.7 Å². The molecule has 3 rings (SSSR count). The Kier molecular flexibility index (Phi) is 5.07. The average Bonchev–Trinajstić information content (AvgIpc) is 3.08. The smallest absolute Gasteiger partial charge is 0.254 e. The van der Waals surface area contributed by atoms with E-state index in [1.165, 1.54) is 6.20 Å². The molecule has 134 valence electrons. The van der Waals surface area contributed by atoms with Crippen molar-refractivity contribution in [1.29, 1.82) is 0 Å². The van der Waals surface area contributed by atoms with Gasteiger partial charge < -0.3 is 16.4 Å². The molecule has 0 aliphatic rings. The van der Waals surface area contributed by atoms with Crippen molar-refractivity contribution >= 4 is 23.4 Å². The molecule has 0 radical (unpaired) electrons. The topological polar surface area (TPSA) is 124 Å². The van der Waals surface area contributed by atoms with E-state index in [-0.39, 0.29) is 5.56 Å². The van der Waals surface area contributed by atoms with Crippen molar-refractivity contribution in [3.8, 4) is 0 Å². The number of primary amides is 1.